The van der Waals surface area contributed by atoms with Crippen LogP contribution in [0.2, 0.25) is 0 Å². The van der Waals surface area contributed by atoms with E-state index in [4.69, 9.17) is 4.74 Å². The summed E-state index contributed by atoms with van der Waals surface area (Å²) in [6.45, 7) is -2.44. The quantitative estimate of drug-likeness (QED) is 0.0886. The van der Waals surface area contributed by atoms with E-state index >= 15 is 0 Å². The molecule has 0 fully saturated rings. The predicted molar refractivity (Wildman–Crippen MR) is 142 cm³/mol. The lowest BCUT2D eigenvalue weighted by Crippen LogP contribution is -2.57. The summed E-state index contributed by atoms with van der Waals surface area (Å²) in [5.74, 6) is 0.102. The number of nitrogens with zero attached hydrogens (tertiary/aromatic N) is 1. The van der Waals surface area contributed by atoms with Gasteiger partial charge >= 0.3 is 36.9 Å². The summed E-state index contributed by atoms with van der Waals surface area (Å²) in [5.41, 5.74) is 2.39. The second kappa shape index (κ2) is 17.3. The molecule has 0 saturated carbocycles. The molecule has 0 radical (unpaired) electrons. The van der Waals surface area contributed by atoms with Gasteiger partial charge in [-0.3, -0.25) is 4.98 Å². The Bertz CT molecular complexity index is 1260. The Labute approximate surface area is 270 Å². The number of alkyl halides is 14. The average molecular weight is 740 g/mol. The monoisotopic (exact) mass is 739 g/mol. The Morgan fingerprint density at radius 3 is 1.73 bits per heavy atom. The third kappa shape index (κ3) is 14.1. The molecule has 1 atom stereocenters. The lowest BCUT2D eigenvalue weighted by molar-refractivity contribution is -0.564. The van der Waals surface area contributed by atoms with Gasteiger partial charge < -0.3 is 9.47 Å². The highest BCUT2D eigenvalue weighted by atomic mass is 19.4. The summed E-state index contributed by atoms with van der Waals surface area (Å²) >= 11 is 0. The van der Waals surface area contributed by atoms with E-state index in [0.717, 1.165) is 24.8 Å². The van der Waals surface area contributed by atoms with Gasteiger partial charge in [-0.15, -0.1) is 13.2 Å². The summed E-state index contributed by atoms with van der Waals surface area (Å²) in [4.78, 5) is 4.42. The van der Waals surface area contributed by atoms with Crippen molar-refractivity contribution in [1.29, 1.82) is 0 Å². The van der Waals surface area contributed by atoms with Gasteiger partial charge in [0, 0.05) is 11.8 Å². The summed E-state index contributed by atoms with van der Waals surface area (Å²) in [7, 11) is 0. The van der Waals surface area contributed by atoms with Crippen LogP contribution >= 0.6 is 0 Å². The molecule has 1 heterocycles. The molecular formula is C29H31F14NO5. The summed E-state index contributed by atoms with van der Waals surface area (Å²) < 4.78 is 198. The largest absolute Gasteiger partial charge is 0.527 e. The number of benzene rings is 1. The molecule has 0 aliphatic rings. The van der Waals surface area contributed by atoms with Crippen LogP contribution in [0.25, 0.3) is 11.3 Å². The molecule has 2 rings (SSSR count). The van der Waals surface area contributed by atoms with E-state index in [0.29, 0.717) is 11.3 Å². The number of rotatable bonds is 22. The van der Waals surface area contributed by atoms with Gasteiger partial charge in [0.25, 0.3) is 0 Å². The maximum absolute atomic E-state index is 14.1. The zero-order valence-corrected chi connectivity index (χ0v) is 25.5. The minimum atomic E-state index is -7.15. The molecule has 280 valence electrons. The van der Waals surface area contributed by atoms with Crippen molar-refractivity contribution < 1.29 is 85.2 Å². The number of ether oxygens (including phenoxy) is 5. The topological polar surface area (TPSA) is 59.0 Å². The van der Waals surface area contributed by atoms with Crippen molar-refractivity contribution in [2.45, 2.75) is 94.9 Å². The van der Waals surface area contributed by atoms with Gasteiger partial charge in [-0.05, 0) is 48.7 Å². The highest BCUT2D eigenvalue weighted by molar-refractivity contribution is 5.60. The van der Waals surface area contributed by atoms with Crippen molar-refractivity contribution in [3.05, 3.63) is 48.2 Å². The van der Waals surface area contributed by atoms with Crippen LogP contribution in [0.15, 0.2) is 42.6 Å². The first-order chi connectivity index (χ1) is 22.5. The van der Waals surface area contributed by atoms with Gasteiger partial charge in [-0.1, -0.05) is 45.1 Å². The molecule has 49 heavy (non-hydrogen) atoms. The maximum atomic E-state index is 14.1. The van der Waals surface area contributed by atoms with Crippen molar-refractivity contribution in [2.24, 2.45) is 0 Å². The first-order valence-corrected chi connectivity index (χ1v) is 14.5. The summed E-state index contributed by atoms with van der Waals surface area (Å²) in [5, 5.41) is 0. The van der Waals surface area contributed by atoms with Crippen LogP contribution in [0, 0.1) is 0 Å². The van der Waals surface area contributed by atoms with E-state index in [1.165, 1.54) is 37.8 Å². The molecule has 0 amide bonds. The number of halogens is 14. The fourth-order valence-electron chi connectivity index (χ4n) is 3.88. The number of hydrogen-bond acceptors (Lipinski definition) is 6. The predicted octanol–water partition coefficient (Wildman–Crippen LogP) is 9.92. The van der Waals surface area contributed by atoms with Gasteiger partial charge in [0.2, 0.25) is 0 Å². The molecule has 0 aliphatic heterocycles. The minimum Gasteiger partial charge on any atom is -0.490 e. The SMILES string of the molecule is CCCCCCCCc1ccc(-c2ccc(OC[C@@H](F)COCC(F)(F)OC(F)(F)C(F)(F)OC(F)(F)C(F)(F)OC(F)(F)F)cc2)nc1. The molecule has 0 aliphatic carbocycles. The number of hydrogen-bond donors (Lipinski definition) is 0. The van der Waals surface area contributed by atoms with Gasteiger partial charge in [0.15, 0.2) is 6.17 Å². The zero-order valence-electron chi connectivity index (χ0n) is 25.5. The Balaban J connectivity index is 1.81. The van der Waals surface area contributed by atoms with E-state index < -0.39 is 62.9 Å². The highest BCUT2D eigenvalue weighted by Gasteiger charge is 2.74. The molecule has 1 aromatic heterocycles. The highest BCUT2D eigenvalue weighted by Crippen LogP contribution is 2.48. The zero-order chi connectivity index (χ0) is 37.2. The second-order valence-corrected chi connectivity index (χ2v) is 10.5. The average Bonchev–Trinajstić information content (AvgIpc) is 2.96. The number of aryl methyl sites for hydroxylation is 1. The van der Waals surface area contributed by atoms with Gasteiger partial charge in [-0.25, -0.2) is 18.6 Å². The maximum Gasteiger partial charge on any atom is 0.527 e. The fraction of sp³-hybridized carbons (Fsp3) is 0.621. The molecule has 20 heteroatoms. The molecule has 1 aromatic carbocycles. The Hall–Kier alpha value is -2.97. The smallest absolute Gasteiger partial charge is 0.490 e. The van der Waals surface area contributed by atoms with Crippen LogP contribution in [0.5, 0.6) is 5.75 Å². The number of aromatic nitrogens is 1. The van der Waals surface area contributed by atoms with Crippen LogP contribution in [-0.2, 0) is 25.4 Å². The number of pyridine rings is 1. The van der Waals surface area contributed by atoms with Crippen LogP contribution in [-0.4, -0.2) is 67.9 Å². The van der Waals surface area contributed by atoms with Crippen LogP contribution in [0.1, 0.15) is 51.0 Å². The van der Waals surface area contributed by atoms with Crippen LogP contribution in [0.3, 0.4) is 0 Å². The van der Waals surface area contributed by atoms with E-state index in [-0.39, 0.29) is 5.75 Å². The van der Waals surface area contributed by atoms with Crippen molar-refractivity contribution in [2.75, 3.05) is 19.8 Å². The van der Waals surface area contributed by atoms with E-state index in [9.17, 15) is 61.5 Å². The minimum absolute atomic E-state index is 0.102. The fourth-order valence-corrected chi connectivity index (χ4v) is 3.88. The second-order valence-electron chi connectivity index (χ2n) is 10.5. The summed E-state index contributed by atoms with van der Waals surface area (Å²) in [6.07, 6.45) is -32.9. The molecule has 0 saturated heterocycles. The molecule has 2 aromatic rings. The Kier molecular flexibility index (Phi) is 14.9. The van der Waals surface area contributed by atoms with Gasteiger partial charge in [-0.2, -0.15) is 43.9 Å². The van der Waals surface area contributed by atoms with Crippen molar-refractivity contribution in [3.63, 3.8) is 0 Å². The molecule has 0 N–H and O–H groups in total. The van der Waals surface area contributed by atoms with Crippen molar-refractivity contribution in [3.8, 4) is 17.0 Å². The lowest BCUT2D eigenvalue weighted by atomic mass is 10.1. The normalized spacial score (nSPS) is 14.3. The lowest BCUT2D eigenvalue weighted by Gasteiger charge is -2.33. The van der Waals surface area contributed by atoms with Crippen molar-refractivity contribution >= 4 is 0 Å². The first kappa shape index (κ1) is 42.2. The van der Waals surface area contributed by atoms with E-state index in [2.05, 4.69) is 21.4 Å². The Morgan fingerprint density at radius 2 is 1.18 bits per heavy atom. The Morgan fingerprint density at radius 1 is 0.633 bits per heavy atom. The van der Waals surface area contributed by atoms with E-state index in [1.807, 2.05) is 12.1 Å². The molecule has 0 spiro atoms. The molecule has 6 nitrogen and oxygen atoms in total. The van der Waals surface area contributed by atoms with Crippen LogP contribution in [0.4, 0.5) is 61.5 Å². The number of unbranched alkanes of at least 4 members (excludes halogenated alkanes) is 5. The van der Waals surface area contributed by atoms with Crippen LogP contribution < -0.4 is 4.74 Å². The van der Waals surface area contributed by atoms with Gasteiger partial charge in [0.1, 0.15) is 19.0 Å². The molecule has 0 unspecified atom stereocenters. The standard InChI is InChI=1S/C29H31F14NO5/c1-2-3-4-5-6-7-8-19-9-14-23(44-15-19)20-10-12-22(13-11-20)46-17-21(30)16-45-18-24(31,32)47-25(33,34)26(35,36)48-27(37,38)28(39,40)49-29(41,42)43/h9-15,21H,2-8,16-18H2,1H3/t21-/m0/s1. The first-order valence-electron chi connectivity index (χ1n) is 14.5. The van der Waals surface area contributed by atoms with E-state index in [1.54, 1.807) is 27.8 Å². The third-order valence-electron chi connectivity index (χ3n) is 6.25. The molecular weight excluding hydrogens is 708 g/mol. The summed E-state index contributed by atoms with van der Waals surface area (Å²) in [6, 6.07) is 9.80. The third-order valence-corrected chi connectivity index (χ3v) is 6.25. The van der Waals surface area contributed by atoms with Crippen molar-refractivity contribution in [1.82, 2.24) is 4.98 Å². The van der Waals surface area contributed by atoms with Gasteiger partial charge in [0.05, 0.1) is 12.3 Å². The molecule has 0 bridgehead atoms.